The van der Waals surface area contributed by atoms with E-state index < -0.39 is 0 Å². The molecule has 1 aliphatic carbocycles. The molecular weight excluding hydrogens is 394 g/mol. The fourth-order valence-electron chi connectivity index (χ4n) is 4.71. The number of carbonyl (C=O) groups excluding carboxylic acids is 2. The Morgan fingerprint density at radius 1 is 1.16 bits per heavy atom. The van der Waals surface area contributed by atoms with E-state index in [-0.39, 0.29) is 29.9 Å². The molecule has 2 unspecified atom stereocenters. The van der Waals surface area contributed by atoms with Crippen LogP contribution in [0.4, 0.5) is 4.79 Å². The number of benzene rings is 1. The second-order valence-electron chi connectivity index (χ2n) is 8.65. The lowest BCUT2D eigenvalue weighted by atomic mass is 9.81. The van der Waals surface area contributed by atoms with Gasteiger partial charge in [-0.05, 0) is 64.8 Å². The number of aryl methyl sites for hydroxylation is 1. The fourth-order valence-corrected chi connectivity index (χ4v) is 4.71. The van der Waals surface area contributed by atoms with Crippen LogP contribution in [0.1, 0.15) is 57.9 Å². The van der Waals surface area contributed by atoms with Crippen molar-refractivity contribution in [3.8, 4) is 17.2 Å². The number of ether oxygens (including phenoxy) is 1. The Labute approximate surface area is 183 Å². The van der Waals surface area contributed by atoms with E-state index in [1.807, 2.05) is 56.9 Å². The molecule has 1 saturated heterocycles. The minimum atomic E-state index is -0.215. The van der Waals surface area contributed by atoms with Gasteiger partial charge >= 0.3 is 6.03 Å². The lowest BCUT2D eigenvalue weighted by Crippen LogP contribution is -2.63. The highest BCUT2D eigenvalue weighted by Gasteiger charge is 2.47. The minimum Gasteiger partial charge on any atom is -0.494 e. The molecule has 1 aromatic heterocycles. The quantitative estimate of drug-likeness (QED) is 0.666. The monoisotopic (exact) mass is 425 g/mol. The van der Waals surface area contributed by atoms with Crippen LogP contribution < -0.4 is 4.74 Å². The molecule has 0 spiro atoms. The number of aromatic nitrogens is 1. The summed E-state index contributed by atoms with van der Waals surface area (Å²) < 4.78 is 11.4. The molecular formula is C24H31N3O4. The summed E-state index contributed by atoms with van der Waals surface area (Å²) in [5.41, 5.74) is 1.59. The number of urea groups is 1. The summed E-state index contributed by atoms with van der Waals surface area (Å²) in [6.07, 6.45) is 3.77. The van der Waals surface area contributed by atoms with Gasteiger partial charge in [0.05, 0.1) is 19.1 Å². The van der Waals surface area contributed by atoms with Crippen molar-refractivity contribution in [1.82, 2.24) is 14.8 Å². The summed E-state index contributed by atoms with van der Waals surface area (Å²) in [4.78, 5) is 34.2. The van der Waals surface area contributed by atoms with E-state index in [4.69, 9.17) is 14.1 Å². The van der Waals surface area contributed by atoms with Crippen LogP contribution in [0, 0.1) is 12.8 Å². The molecule has 2 atom stereocenters. The van der Waals surface area contributed by atoms with Crippen molar-refractivity contribution in [2.75, 3.05) is 6.61 Å². The van der Waals surface area contributed by atoms with Crippen LogP contribution in [0.2, 0.25) is 0 Å². The maximum absolute atomic E-state index is 13.3. The summed E-state index contributed by atoms with van der Waals surface area (Å²) in [7, 11) is 0. The molecule has 7 nitrogen and oxygen atoms in total. The number of amides is 3. The van der Waals surface area contributed by atoms with E-state index in [9.17, 15) is 9.59 Å². The van der Waals surface area contributed by atoms with Crippen LogP contribution in [0.3, 0.4) is 0 Å². The van der Waals surface area contributed by atoms with Crippen LogP contribution in [0.5, 0.6) is 5.75 Å². The molecule has 0 radical (unpaired) electrons. The van der Waals surface area contributed by atoms with Gasteiger partial charge in [-0.15, -0.1) is 0 Å². The summed E-state index contributed by atoms with van der Waals surface area (Å²) in [5.74, 6) is 1.88. The van der Waals surface area contributed by atoms with E-state index in [0.717, 1.165) is 42.7 Å². The lowest BCUT2D eigenvalue weighted by Gasteiger charge is -2.47. The van der Waals surface area contributed by atoms with Crippen molar-refractivity contribution in [2.24, 2.45) is 5.92 Å². The second-order valence-corrected chi connectivity index (χ2v) is 8.65. The molecule has 7 heteroatoms. The van der Waals surface area contributed by atoms with Gasteiger partial charge in [-0.1, -0.05) is 12.8 Å². The summed E-state index contributed by atoms with van der Waals surface area (Å²) >= 11 is 0. The SMILES string of the molecule is CCOc1ccc(-c2nc(CN3C(=O)N(C(C)C)C(=O)C4CCCCC43)c(C)o2)cc1. The van der Waals surface area contributed by atoms with Gasteiger partial charge < -0.3 is 14.1 Å². The summed E-state index contributed by atoms with van der Waals surface area (Å²) in [6.45, 7) is 8.57. The molecule has 2 aromatic rings. The van der Waals surface area contributed by atoms with Gasteiger partial charge in [-0.2, -0.15) is 0 Å². The average Bonchev–Trinajstić information content (AvgIpc) is 3.12. The Morgan fingerprint density at radius 3 is 2.55 bits per heavy atom. The highest BCUT2D eigenvalue weighted by atomic mass is 16.5. The zero-order valence-corrected chi connectivity index (χ0v) is 18.8. The van der Waals surface area contributed by atoms with E-state index >= 15 is 0 Å². The molecule has 0 bridgehead atoms. The summed E-state index contributed by atoms with van der Waals surface area (Å²) in [5, 5.41) is 0. The first-order chi connectivity index (χ1) is 14.9. The Bertz CT molecular complexity index is 950. The van der Waals surface area contributed by atoms with Gasteiger partial charge in [0, 0.05) is 17.6 Å². The van der Waals surface area contributed by atoms with Gasteiger partial charge in [0.25, 0.3) is 0 Å². The van der Waals surface area contributed by atoms with Crippen molar-refractivity contribution in [3.05, 3.63) is 35.7 Å². The van der Waals surface area contributed by atoms with Crippen LogP contribution in [0.15, 0.2) is 28.7 Å². The Morgan fingerprint density at radius 2 is 1.87 bits per heavy atom. The number of carbonyl (C=O) groups is 2. The zero-order valence-electron chi connectivity index (χ0n) is 18.8. The van der Waals surface area contributed by atoms with Crippen LogP contribution >= 0.6 is 0 Å². The van der Waals surface area contributed by atoms with Gasteiger partial charge in [0.1, 0.15) is 17.2 Å². The number of rotatable bonds is 6. The average molecular weight is 426 g/mol. The first kappa shape index (κ1) is 21.4. The van der Waals surface area contributed by atoms with Crippen molar-refractivity contribution < 1.29 is 18.7 Å². The third-order valence-electron chi connectivity index (χ3n) is 6.28. The molecule has 31 heavy (non-hydrogen) atoms. The minimum absolute atomic E-state index is 0.0205. The summed E-state index contributed by atoms with van der Waals surface area (Å²) in [6, 6.07) is 7.19. The number of hydrogen-bond donors (Lipinski definition) is 0. The topological polar surface area (TPSA) is 75.9 Å². The molecule has 4 rings (SSSR count). The van der Waals surface area contributed by atoms with Crippen molar-refractivity contribution in [1.29, 1.82) is 0 Å². The predicted octanol–water partition coefficient (Wildman–Crippen LogP) is 4.78. The van der Waals surface area contributed by atoms with Gasteiger partial charge in [0.2, 0.25) is 11.8 Å². The van der Waals surface area contributed by atoms with E-state index in [0.29, 0.717) is 24.8 Å². The number of hydrogen-bond acceptors (Lipinski definition) is 5. The highest BCUT2D eigenvalue weighted by molar-refractivity contribution is 5.99. The molecule has 1 aromatic carbocycles. The van der Waals surface area contributed by atoms with Crippen LogP contribution in [-0.2, 0) is 11.3 Å². The third-order valence-corrected chi connectivity index (χ3v) is 6.28. The van der Waals surface area contributed by atoms with Gasteiger partial charge in [-0.3, -0.25) is 9.69 Å². The van der Waals surface area contributed by atoms with Gasteiger partial charge in [-0.25, -0.2) is 9.78 Å². The molecule has 166 valence electrons. The normalized spacial score (nSPS) is 21.6. The smallest absolute Gasteiger partial charge is 0.327 e. The highest BCUT2D eigenvalue weighted by Crippen LogP contribution is 2.36. The number of oxazole rings is 1. The van der Waals surface area contributed by atoms with E-state index in [1.165, 1.54) is 4.90 Å². The third kappa shape index (κ3) is 4.05. The molecule has 1 saturated carbocycles. The van der Waals surface area contributed by atoms with Gasteiger partial charge in [0.15, 0.2) is 0 Å². The van der Waals surface area contributed by atoms with Crippen molar-refractivity contribution in [3.63, 3.8) is 0 Å². The van der Waals surface area contributed by atoms with Crippen LogP contribution in [0.25, 0.3) is 11.5 Å². The largest absolute Gasteiger partial charge is 0.494 e. The molecule has 2 fully saturated rings. The van der Waals surface area contributed by atoms with E-state index in [1.54, 1.807) is 0 Å². The zero-order chi connectivity index (χ0) is 22.1. The number of nitrogens with zero attached hydrogens (tertiary/aromatic N) is 3. The molecule has 2 heterocycles. The van der Waals surface area contributed by atoms with E-state index in [2.05, 4.69) is 0 Å². The standard InChI is InChI=1S/C24H31N3O4/c1-5-30-18-12-10-17(11-13-18)22-25-20(16(4)31-22)14-26-21-9-7-6-8-19(21)23(28)27(15(2)3)24(26)29/h10-13,15,19,21H,5-9,14H2,1-4H3. The first-order valence-electron chi connectivity index (χ1n) is 11.2. The molecule has 3 amide bonds. The number of fused-ring (bicyclic) bond motifs is 1. The molecule has 0 N–H and O–H groups in total. The lowest BCUT2D eigenvalue weighted by molar-refractivity contribution is -0.142. The van der Waals surface area contributed by atoms with Crippen molar-refractivity contribution >= 4 is 11.9 Å². The number of imide groups is 1. The Kier molecular flexibility index (Phi) is 6.03. The first-order valence-corrected chi connectivity index (χ1v) is 11.2. The molecule has 1 aliphatic heterocycles. The Hall–Kier alpha value is -2.83. The fraction of sp³-hybridized carbons (Fsp3) is 0.542. The molecule has 2 aliphatic rings. The maximum atomic E-state index is 13.3. The second kappa shape index (κ2) is 8.73. The maximum Gasteiger partial charge on any atom is 0.327 e. The predicted molar refractivity (Wildman–Crippen MR) is 117 cm³/mol. The van der Waals surface area contributed by atoms with Crippen molar-refractivity contribution in [2.45, 2.75) is 72.0 Å². The Balaban J connectivity index is 1.60. The van der Waals surface area contributed by atoms with Crippen LogP contribution in [-0.4, -0.2) is 45.4 Å².